The van der Waals surface area contributed by atoms with E-state index in [1.54, 1.807) is 13.1 Å². The second-order valence-corrected chi connectivity index (χ2v) is 7.71. The molecule has 2 aliphatic rings. The molecular formula is C19H17ClFN3O3S. The van der Waals surface area contributed by atoms with E-state index in [0.717, 1.165) is 0 Å². The summed E-state index contributed by atoms with van der Waals surface area (Å²) >= 11 is 7.70. The Morgan fingerprint density at radius 2 is 2.32 bits per heavy atom. The third kappa shape index (κ3) is 3.32. The standard InChI is InChI=1S/C19H17ClFN3O3S/c1-2-27-19(26)15-14-8-11(25)9-24(14)17(18-22-5-6-28-18)23-16(15)12-4-3-10(21)7-13(12)20/h3-7,11,16,25H,2,8-9H2,1H3/t11-,16?/m0/s1. The van der Waals surface area contributed by atoms with E-state index in [1.165, 1.54) is 29.5 Å². The first-order valence-corrected chi connectivity index (χ1v) is 10.0. The smallest absolute Gasteiger partial charge is 0.338 e. The molecule has 6 nitrogen and oxygen atoms in total. The van der Waals surface area contributed by atoms with Gasteiger partial charge >= 0.3 is 5.97 Å². The first kappa shape index (κ1) is 19.0. The number of carbonyl (C=O) groups excluding carboxylic acids is 1. The fourth-order valence-electron chi connectivity index (χ4n) is 3.49. The molecule has 146 valence electrons. The van der Waals surface area contributed by atoms with Crippen LogP contribution >= 0.6 is 22.9 Å². The van der Waals surface area contributed by atoms with Crippen LogP contribution in [0.25, 0.3) is 0 Å². The zero-order valence-corrected chi connectivity index (χ0v) is 16.5. The first-order chi connectivity index (χ1) is 13.5. The quantitative estimate of drug-likeness (QED) is 0.766. The van der Waals surface area contributed by atoms with Crippen LogP contribution in [0, 0.1) is 5.82 Å². The second kappa shape index (κ2) is 7.62. The number of esters is 1. The normalized spacial score (nSPS) is 21.6. The number of ether oxygens (including phenoxy) is 1. The SMILES string of the molecule is CCOC(=O)C1=C2C[C@H](O)CN2C(c2nccs2)=NC1c1ccc(F)cc1Cl. The van der Waals surface area contributed by atoms with Crippen molar-refractivity contribution in [2.75, 3.05) is 13.2 Å². The molecule has 3 heterocycles. The van der Waals surface area contributed by atoms with Crippen molar-refractivity contribution in [1.29, 1.82) is 0 Å². The van der Waals surface area contributed by atoms with Gasteiger partial charge in [0, 0.05) is 34.3 Å². The number of thiazole rings is 1. The van der Waals surface area contributed by atoms with Crippen LogP contribution in [0.4, 0.5) is 4.39 Å². The number of amidine groups is 1. The fraction of sp³-hybridized carbons (Fsp3) is 0.316. The molecule has 2 aliphatic heterocycles. The van der Waals surface area contributed by atoms with E-state index in [4.69, 9.17) is 21.3 Å². The van der Waals surface area contributed by atoms with E-state index in [2.05, 4.69) is 4.98 Å². The number of hydrogen-bond acceptors (Lipinski definition) is 7. The van der Waals surface area contributed by atoms with Crippen molar-refractivity contribution in [3.63, 3.8) is 0 Å². The first-order valence-electron chi connectivity index (χ1n) is 8.78. The molecule has 1 N–H and O–H groups in total. The monoisotopic (exact) mass is 421 g/mol. The average molecular weight is 422 g/mol. The highest BCUT2D eigenvalue weighted by Crippen LogP contribution is 2.42. The number of rotatable bonds is 4. The predicted molar refractivity (Wildman–Crippen MR) is 104 cm³/mol. The van der Waals surface area contributed by atoms with Crippen LogP contribution in [-0.2, 0) is 9.53 Å². The summed E-state index contributed by atoms with van der Waals surface area (Å²) in [5.74, 6) is -0.444. The number of aliphatic hydroxyl groups excluding tert-OH is 1. The summed E-state index contributed by atoms with van der Waals surface area (Å²) in [4.78, 5) is 23.7. The van der Waals surface area contributed by atoms with E-state index in [1.807, 2.05) is 10.3 Å². The van der Waals surface area contributed by atoms with Crippen LogP contribution in [0.3, 0.4) is 0 Å². The largest absolute Gasteiger partial charge is 0.463 e. The summed E-state index contributed by atoms with van der Waals surface area (Å²) in [6.45, 7) is 2.23. The maximum Gasteiger partial charge on any atom is 0.338 e. The molecule has 4 rings (SSSR count). The molecule has 0 spiro atoms. The van der Waals surface area contributed by atoms with E-state index in [-0.39, 0.29) is 18.1 Å². The Balaban J connectivity index is 1.91. The molecule has 1 fully saturated rings. The van der Waals surface area contributed by atoms with Crippen LogP contribution in [0.15, 0.2) is 46.0 Å². The molecule has 28 heavy (non-hydrogen) atoms. The Kier molecular flexibility index (Phi) is 5.18. The molecule has 1 unspecified atom stereocenters. The van der Waals surface area contributed by atoms with Gasteiger partial charge in [0.2, 0.25) is 0 Å². The third-order valence-electron chi connectivity index (χ3n) is 4.62. The Morgan fingerprint density at radius 1 is 1.50 bits per heavy atom. The Labute approximate surface area is 169 Å². The lowest BCUT2D eigenvalue weighted by atomic mass is 9.94. The number of aliphatic imine (C=N–C) groups is 1. The molecule has 0 aliphatic carbocycles. The van der Waals surface area contributed by atoms with E-state index < -0.39 is 23.9 Å². The number of nitrogens with zero attached hydrogens (tertiary/aromatic N) is 3. The minimum absolute atomic E-state index is 0.168. The average Bonchev–Trinajstić information content (AvgIpc) is 3.29. The Bertz CT molecular complexity index is 977. The van der Waals surface area contributed by atoms with Crippen LogP contribution in [0.5, 0.6) is 0 Å². The molecule has 0 saturated carbocycles. The zero-order valence-electron chi connectivity index (χ0n) is 14.9. The van der Waals surface area contributed by atoms with Gasteiger partial charge in [0.1, 0.15) is 11.9 Å². The highest BCUT2D eigenvalue weighted by molar-refractivity contribution is 7.11. The summed E-state index contributed by atoms with van der Waals surface area (Å²) in [5, 5.41) is 12.9. The molecule has 0 amide bonds. The molecule has 0 bridgehead atoms. The van der Waals surface area contributed by atoms with E-state index in [0.29, 0.717) is 34.2 Å². The molecule has 1 saturated heterocycles. The van der Waals surface area contributed by atoms with Crippen molar-refractivity contribution >= 4 is 34.7 Å². The number of aliphatic hydroxyl groups is 1. The summed E-state index contributed by atoms with van der Waals surface area (Å²) in [6.07, 6.45) is 1.31. The molecule has 2 atom stereocenters. The lowest BCUT2D eigenvalue weighted by molar-refractivity contribution is -0.139. The van der Waals surface area contributed by atoms with Gasteiger partial charge in [0.25, 0.3) is 0 Å². The number of fused-ring (bicyclic) bond motifs is 1. The van der Waals surface area contributed by atoms with Crippen molar-refractivity contribution in [3.05, 3.63) is 62.5 Å². The van der Waals surface area contributed by atoms with Gasteiger partial charge in [-0.1, -0.05) is 17.7 Å². The van der Waals surface area contributed by atoms with Crippen molar-refractivity contribution in [1.82, 2.24) is 9.88 Å². The van der Waals surface area contributed by atoms with Crippen molar-refractivity contribution in [3.8, 4) is 0 Å². The Morgan fingerprint density at radius 3 is 3.00 bits per heavy atom. The topological polar surface area (TPSA) is 75.0 Å². The van der Waals surface area contributed by atoms with E-state index in [9.17, 15) is 14.3 Å². The number of carbonyl (C=O) groups is 1. The predicted octanol–water partition coefficient (Wildman–Crippen LogP) is 3.32. The van der Waals surface area contributed by atoms with Crippen molar-refractivity contribution < 1.29 is 19.0 Å². The van der Waals surface area contributed by atoms with Gasteiger partial charge in [-0.05, 0) is 19.1 Å². The van der Waals surface area contributed by atoms with Crippen LogP contribution in [0.2, 0.25) is 5.02 Å². The highest BCUT2D eigenvalue weighted by Gasteiger charge is 2.42. The number of halogens is 2. The van der Waals surface area contributed by atoms with Gasteiger partial charge in [0.15, 0.2) is 10.8 Å². The van der Waals surface area contributed by atoms with Gasteiger partial charge in [-0.15, -0.1) is 11.3 Å². The lowest BCUT2D eigenvalue weighted by Gasteiger charge is -2.31. The van der Waals surface area contributed by atoms with Gasteiger partial charge in [-0.2, -0.15) is 0 Å². The number of hydrogen-bond donors (Lipinski definition) is 1. The highest BCUT2D eigenvalue weighted by atomic mass is 35.5. The van der Waals surface area contributed by atoms with Crippen LogP contribution in [0.1, 0.15) is 30.0 Å². The van der Waals surface area contributed by atoms with Gasteiger partial charge < -0.3 is 14.7 Å². The van der Waals surface area contributed by atoms with Gasteiger partial charge in [-0.25, -0.2) is 14.2 Å². The molecule has 1 aromatic heterocycles. The minimum Gasteiger partial charge on any atom is -0.463 e. The summed E-state index contributed by atoms with van der Waals surface area (Å²) in [7, 11) is 0. The molecule has 2 aromatic rings. The lowest BCUT2D eigenvalue weighted by Crippen LogP contribution is -2.36. The van der Waals surface area contributed by atoms with E-state index >= 15 is 0 Å². The van der Waals surface area contributed by atoms with Crippen LogP contribution < -0.4 is 0 Å². The Hall–Kier alpha value is -2.29. The number of benzene rings is 1. The molecule has 0 radical (unpaired) electrons. The van der Waals surface area contributed by atoms with Gasteiger partial charge in [-0.3, -0.25) is 4.99 Å². The summed E-state index contributed by atoms with van der Waals surface area (Å²) < 4.78 is 18.8. The van der Waals surface area contributed by atoms with Crippen molar-refractivity contribution in [2.24, 2.45) is 4.99 Å². The minimum atomic E-state index is -0.775. The third-order valence-corrected chi connectivity index (χ3v) is 5.71. The second-order valence-electron chi connectivity index (χ2n) is 6.41. The van der Waals surface area contributed by atoms with Crippen LogP contribution in [-0.4, -0.2) is 46.1 Å². The maximum absolute atomic E-state index is 13.6. The zero-order chi connectivity index (χ0) is 19.8. The summed E-state index contributed by atoms with van der Waals surface area (Å²) in [5.41, 5.74) is 1.44. The molecule has 9 heteroatoms. The van der Waals surface area contributed by atoms with Crippen molar-refractivity contribution in [2.45, 2.75) is 25.5 Å². The summed E-state index contributed by atoms with van der Waals surface area (Å²) in [6, 6.07) is 3.22. The fourth-order valence-corrected chi connectivity index (χ4v) is 4.41. The van der Waals surface area contributed by atoms with Gasteiger partial charge in [0.05, 0.1) is 24.8 Å². The molecular weight excluding hydrogens is 405 g/mol. The number of aromatic nitrogens is 1. The maximum atomic E-state index is 13.6. The molecule has 1 aromatic carbocycles.